The van der Waals surface area contributed by atoms with Crippen molar-refractivity contribution in [3.8, 4) is 0 Å². The molecule has 0 aromatic heterocycles. The van der Waals surface area contributed by atoms with Crippen molar-refractivity contribution in [1.29, 1.82) is 0 Å². The normalized spacial score (nSPS) is 35.5. The Morgan fingerprint density at radius 3 is 2.90 bits per heavy atom. The molecule has 21 heavy (non-hydrogen) atoms. The molecule has 4 heteroatoms. The van der Waals surface area contributed by atoms with Crippen molar-refractivity contribution < 1.29 is 19.4 Å². The second-order valence-electron chi connectivity index (χ2n) is 6.56. The maximum absolute atomic E-state index is 12.3. The highest BCUT2D eigenvalue weighted by Gasteiger charge is 2.52. The molecule has 4 nitrogen and oxygen atoms in total. The van der Waals surface area contributed by atoms with Crippen LogP contribution in [0.15, 0.2) is 23.8 Å². The van der Waals surface area contributed by atoms with Gasteiger partial charge >= 0.3 is 5.97 Å². The maximum Gasteiger partial charge on any atom is 0.302 e. The zero-order valence-corrected chi connectivity index (χ0v) is 12.9. The summed E-state index contributed by atoms with van der Waals surface area (Å²) in [4.78, 5) is 23.4. The largest absolute Gasteiger partial charge is 0.465 e. The van der Waals surface area contributed by atoms with Crippen molar-refractivity contribution in [2.45, 2.75) is 39.5 Å². The number of aliphatic hydroxyl groups excluding tert-OH is 1. The molecule has 1 saturated carbocycles. The van der Waals surface area contributed by atoms with E-state index in [-0.39, 0.29) is 29.7 Å². The lowest BCUT2D eigenvalue weighted by Crippen LogP contribution is -2.50. The summed E-state index contributed by atoms with van der Waals surface area (Å²) in [6.45, 7) is 7.78. The number of Topliss-reactive ketones (excluding diaryl/α,β-unsaturated/α-hetero) is 1. The van der Waals surface area contributed by atoms with Gasteiger partial charge in [0.2, 0.25) is 0 Å². The number of aliphatic hydroxyl groups is 1. The maximum atomic E-state index is 12.3. The van der Waals surface area contributed by atoms with Crippen molar-refractivity contribution in [2.24, 2.45) is 17.3 Å². The molecule has 3 atom stereocenters. The van der Waals surface area contributed by atoms with Gasteiger partial charge in [-0.3, -0.25) is 9.59 Å². The van der Waals surface area contributed by atoms with Crippen LogP contribution in [-0.2, 0) is 14.3 Å². The smallest absolute Gasteiger partial charge is 0.302 e. The molecule has 0 bridgehead atoms. The van der Waals surface area contributed by atoms with Gasteiger partial charge in [-0.25, -0.2) is 0 Å². The predicted molar refractivity (Wildman–Crippen MR) is 79.5 cm³/mol. The molecule has 0 spiro atoms. The number of allylic oxidation sites excluding steroid dienone is 2. The molecular formula is C17H24O4. The molecule has 0 aliphatic heterocycles. The molecule has 0 aromatic rings. The zero-order chi connectivity index (χ0) is 15.6. The molecule has 0 unspecified atom stereocenters. The number of fused-ring (bicyclic) bond motifs is 1. The standard InChI is InChI=1S/C17H24O4/c1-11-5-4-6-13(9-18)16(20)7-15-14(11)8-17(15,3)10-21-12(2)19/h6,14-15,18H,1,4-5,7-10H2,2-3H3/b13-6+/t14-,15-,17+/m1/s1. The third kappa shape index (κ3) is 3.26. The number of ether oxygens (including phenoxy) is 1. The van der Waals surface area contributed by atoms with E-state index in [9.17, 15) is 14.7 Å². The van der Waals surface area contributed by atoms with Gasteiger partial charge in [-0.1, -0.05) is 25.2 Å². The molecule has 0 radical (unpaired) electrons. The van der Waals surface area contributed by atoms with Crippen LogP contribution in [0.3, 0.4) is 0 Å². The van der Waals surface area contributed by atoms with Crippen molar-refractivity contribution in [3.63, 3.8) is 0 Å². The monoisotopic (exact) mass is 292 g/mol. The fourth-order valence-corrected chi connectivity index (χ4v) is 3.59. The molecule has 0 saturated heterocycles. The topological polar surface area (TPSA) is 63.6 Å². The van der Waals surface area contributed by atoms with Gasteiger partial charge in [-0.05, 0) is 31.1 Å². The van der Waals surface area contributed by atoms with E-state index < -0.39 is 0 Å². The van der Waals surface area contributed by atoms with Crippen LogP contribution in [0.4, 0.5) is 0 Å². The second-order valence-corrected chi connectivity index (χ2v) is 6.56. The van der Waals surface area contributed by atoms with Crippen LogP contribution in [0.1, 0.15) is 39.5 Å². The lowest BCUT2D eigenvalue weighted by atomic mass is 9.51. The first-order chi connectivity index (χ1) is 9.87. The summed E-state index contributed by atoms with van der Waals surface area (Å²) < 4.78 is 5.18. The van der Waals surface area contributed by atoms with Gasteiger partial charge in [0.1, 0.15) is 0 Å². The Labute approximate surface area is 125 Å². The Balaban J connectivity index is 2.16. The Kier molecular flexibility index (Phi) is 4.67. The van der Waals surface area contributed by atoms with E-state index in [1.54, 1.807) is 0 Å². The Bertz CT molecular complexity index is 491. The molecule has 1 fully saturated rings. The zero-order valence-electron chi connectivity index (χ0n) is 12.9. The first-order valence-corrected chi connectivity index (χ1v) is 7.51. The van der Waals surface area contributed by atoms with E-state index in [2.05, 4.69) is 13.5 Å². The van der Waals surface area contributed by atoms with Crippen molar-refractivity contribution in [2.75, 3.05) is 13.2 Å². The van der Waals surface area contributed by atoms with Gasteiger partial charge in [0.05, 0.1) is 13.2 Å². The molecule has 2 aliphatic carbocycles. The van der Waals surface area contributed by atoms with Crippen LogP contribution in [0, 0.1) is 17.3 Å². The van der Waals surface area contributed by atoms with Crippen molar-refractivity contribution in [1.82, 2.24) is 0 Å². The van der Waals surface area contributed by atoms with Crippen LogP contribution >= 0.6 is 0 Å². The third-order valence-corrected chi connectivity index (χ3v) is 4.99. The quantitative estimate of drug-likeness (QED) is 0.641. The second kappa shape index (κ2) is 6.14. The average molecular weight is 292 g/mol. The van der Waals surface area contributed by atoms with Crippen molar-refractivity contribution >= 4 is 11.8 Å². The highest BCUT2D eigenvalue weighted by atomic mass is 16.5. The van der Waals surface area contributed by atoms with Crippen LogP contribution in [-0.4, -0.2) is 30.1 Å². The number of ketones is 1. The first-order valence-electron chi connectivity index (χ1n) is 7.51. The van der Waals surface area contributed by atoms with E-state index in [0.29, 0.717) is 24.5 Å². The predicted octanol–water partition coefficient (Wildman–Crippen LogP) is 2.42. The Morgan fingerprint density at radius 2 is 2.29 bits per heavy atom. The number of esters is 1. The number of carbonyl (C=O) groups is 2. The van der Waals surface area contributed by atoms with Gasteiger partial charge in [0.25, 0.3) is 0 Å². The summed E-state index contributed by atoms with van der Waals surface area (Å²) in [7, 11) is 0. The Hall–Kier alpha value is -1.42. The van der Waals surface area contributed by atoms with E-state index in [4.69, 9.17) is 4.74 Å². The minimum absolute atomic E-state index is 0.0101. The van der Waals surface area contributed by atoms with E-state index in [1.807, 2.05) is 6.08 Å². The molecule has 0 heterocycles. The van der Waals surface area contributed by atoms with Crippen LogP contribution < -0.4 is 0 Å². The summed E-state index contributed by atoms with van der Waals surface area (Å²) in [6.07, 6.45) is 4.74. The molecule has 2 aliphatic rings. The lowest BCUT2D eigenvalue weighted by Gasteiger charge is -2.53. The summed E-state index contributed by atoms with van der Waals surface area (Å²) in [5, 5.41) is 9.33. The molecule has 116 valence electrons. The van der Waals surface area contributed by atoms with E-state index in [1.165, 1.54) is 12.5 Å². The van der Waals surface area contributed by atoms with Gasteiger partial charge in [0, 0.05) is 24.3 Å². The van der Waals surface area contributed by atoms with Crippen LogP contribution in [0.2, 0.25) is 0 Å². The number of rotatable bonds is 3. The lowest BCUT2D eigenvalue weighted by molar-refractivity contribution is -0.153. The summed E-state index contributed by atoms with van der Waals surface area (Å²) in [6, 6.07) is 0. The van der Waals surface area contributed by atoms with E-state index in [0.717, 1.165) is 19.3 Å². The SMILES string of the molecule is C=C1CC/C=C(\CO)C(=O)C[C@@H]2[C@@H]1C[C@@]2(C)COC(C)=O. The molecule has 1 N–H and O–H groups in total. The number of hydrogen-bond donors (Lipinski definition) is 1. The summed E-state index contributed by atoms with van der Waals surface area (Å²) in [5.41, 5.74) is 1.51. The first kappa shape index (κ1) is 16.0. The van der Waals surface area contributed by atoms with Gasteiger partial charge in [-0.15, -0.1) is 0 Å². The molecule has 0 amide bonds. The third-order valence-electron chi connectivity index (χ3n) is 4.99. The van der Waals surface area contributed by atoms with E-state index >= 15 is 0 Å². The van der Waals surface area contributed by atoms with Gasteiger partial charge < -0.3 is 9.84 Å². The average Bonchev–Trinajstić information content (AvgIpc) is 2.47. The summed E-state index contributed by atoms with van der Waals surface area (Å²) >= 11 is 0. The molecule has 0 aromatic carbocycles. The number of carbonyl (C=O) groups excluding carboxylic acids is 2. The highest BCUT2D eigenvalue weighted by molar-refractivity contribution is 5.95. The minimum Gasteiger partial charge on any atom is -0.465 e. The van der Waals surface area contributed by atoms with Gasteiger partial charge in [0.15, 0.2) is 5.78 Å². The number of hydrogen-bond acceptors (Lipinski definition) is 4. The molecular weight excluding hydrogens is 268 g/mol. The fraction of sp³-hybridized carbons (Fsp3) is 0.647. The molecule has 2 rings (SSSR count). The summed E-state index contributed by atoms with van der Waals surface area (Å²) in [5.74, 6) is 0.186. The fourth-order valence-electron chi connectivity index (χ4n) is 3.59. The minimum atomic E-state index is -0.288. The van der Waals surface area contributed by atoms with Crippen LogP contribution in [0.25, 0.3) is 0 Å². The highest BCUT2D eigenvalue weighted by Crippen LogP contribution is 2.56. The van der Waals surface area contributed by atoms with Crippen LogP contribution in [0.5, 0.6) is 0 Å². The Morgan fingerprint density at radius 1 is 1.57 bits per heavy atom. The van der Waals surface area contributed by atoms with Crippen molar-refractivity contribution in [3.05, 3.63) is 23.8 Å². The van der Waals surface area contributed by atoms with Gasteiger partial charge in [-0.2, -0.15) is 0 Å².